The molecule has 0 radical (unpaired) electrons. The molecular formula is C14H16N2. The summed E-state index contributed by atoms with van der Waals surface area (Å²) in [4.78, 5) is 9.51. The van der Waals surface area contributed by atoms with Crippen molar-refractivity contribution in [2.75, 3.05) is 0 Å². The highest BCUT2D eigenvalue weighted by molar-refractivity contribution is 5.74. The first-order valence-electron chi connectivity index (χ1n) is 6.18. The number of benzene rings is 1. The zero-order chi connectivity index (χ0) is 10.8. The van der Waals surface area contributed by atoms with Crippen molar-refractivity contribution < 1.29 is 0 Å². The molecule has 1 aliphatic carbocycles. The Balaban J connectivity index is 2.12. The van der Waals surface area contributed by atoms with Crippen LogP contribution in [0, 0.1) is 0 Å². The standard InChI is InChI=1S/C14H16N2/c1-2-4-8-12-11(7-3-1)15-13-9-5-6-10-14(13)16-12/h5-6,9-10H,1-4,7-8H2. The first-order valence-corrected chi connectivity index (χ1v) is 6.18. The van der Waals surface area contributed by atoms with Crippen LogP contribution in [-0.2, 0) is 12.8 Å². The molecule has 0 amide bonds. The number of rotatable bonds is 0. The van der Waals surface area contributed by atoms with E-state index in [-0.39, 0.29) is 0 Å². The molecule has 3 rings (SSSR count). The maximum atomic E-state index is 4.75. The van der Waals surface area contributed by atoms with Crippen LogP contribution in [0.25, 0.3) is 11.0 Å². The van der Waals surface area contributed by atoms with Gasteiger partial charge in [0.15, 0.2) is 0 Å². The van der Waals surface area contributed by atoms with Crippen LogP contribution in [0.2, 0.25) is 0 Å². The summed E-state index contributed by atoms with van der Waals surface area (Å²) in [7, 11) is 0. The van der Waals surface area contributed by atoms with E-state index in [9.17, 15) is 0 Å². The zero-order valence-corrected chi connectivity index (χ0v) is 9.45. The lowest BCUT2D eigenvalue weighted by atomic mass is 10.0. The number of nitrogens with zero attached hydrogens (tertiary/aromatic N) is 2. The fourth-order valence-electron chi connectivity index (χ4n) is 2.41. The molecule has 2 heteroatoms. The molecule has 1 heterocycles. The quantitative estimate of drug-likeness (QED) is 0.669. The fourth-order valence-corrected chi connectivity index (χ4v) is 2.41. The third-order valence-electron chi connectivity index (χ3n) is 3.30. The SMILES string of the molecule is c1ccc2nc3c(nc2c1)CCCCCC3. The number of hydrogen-bond acceptors (Lipinski definition) is 2. The summed E-state index contributed by atoms with van der Waals surface area (Å²) < 4.78 is 0. The van der Waals surface area contributed by atoms with E-state index in [1.54, 1.807) is 0 Å². The molecule has 2 nitrogen and oxygen atoms in total. The average Bonchev–Trinajstić information content (AvgIpc) is 2.29. The second-order valence-electron chi connectivity index (χ2n) is 4.52. The second-order valence-corrected chi connectivity index (χ2v) is 4.52. The van der Waals surface area contributed by atoms with Crippen LogP contribution in [0.3, 0.4) is 0 Å². The van der Waals surface area contributed by atoms with Crippen LogP contribution >= 0.6 is 0 Å². The molecule has 82 valence electrons. The predicted octanol–water partition coefficient (Wildman–Crippen LogP) is 3.29. The normalized spacial score (nSPS) is 16.5. The van der Waals surface area contributed by atoms with Gasteiger partial charge in [-0.15, -0.1) is 0 Å². The third-order valence-corrected chi connectivity index (χ3v) is 3.30. The van der Waals surface area contributed by atoms with E-state index in [1.165, 1.54) is 37.1 Å². The van der Waals surface area contributed by atoms with Gasteiger partial charge in [0.05, 0.1) is 22.4 Å². The number of aromatic nitrogens is 2. The molecule has 0 saturated carbocycles. The van der Waals surface area contributed by atoms with E-state index in [0.717, 1.165) is 23.9 Å². The van der Waals surface area contributed by atoms with E-state index in [0.29, 0.717) is 0 Å². The van der Waals surface area contributed by atoms with Crippen LogP contribution in [0.5, 0.6) is 0 Å². The van der Waals surface area contributed by atoms with E-state index in [1.807, 2.05) is 12.1 Å². The lowest BCUT2D eigenvalue weighted by Gasteiger charge is -2.12. The van der Waals surface area contributed by atoms with Crippen LogP contribution < -0.4 is 0 Å². The Hall–Kier alpha value is -1.44. The molecular weight excluding hydrogens is 196 g/mol. The summed E-state index contributed by atoms with van der Waals surface area (Å²) >= 11 is 0. The van der Waals surface area contributed by atoms with Crippen molar-refractivity contribution in [2.45, 2.75) is 38.5 Å². The monoisotopic (exact) mass is 212 g/mol. The first-order chi connectivity index (χ1) is 7.93. The molecule has 2 aromatic rings. The number of fused-ring (bicyclic) bond motifs is 2. The van der Waals surface area contributed by atoms with Gasteiger partial charge in [-0.05, 0) is 37.8 Å². The van der Waals surface area contributed by atoms with Gasteiger partial charge in [-0.2, -0.15) is 0 Å². The van der Waals surface area contributed by atoms with Crippen molar-refractivity contribution in [3.8, 4) is 0 Å². The lowest BCUT2D eigenvalue weighted by Crippen LogP contribution is -2.05. The Kier molecular flexibility index (Phi) is 2.56. The molecule has 1 aromatic heterocycles. The van der Waals surface area contributed by atoms with Crippen molar-refractivity contribution in [1.29, 1.82) is 0 Å². The molecule has 0 bridgehead atoms. The van der Waals surface area contributed by atoms with Gasteiger partial charge in [-0.1, -0.05) is 25.0 Å². The Morgan fingerprint density at radius 1 is 0.688 bits per heavy atom. The molecule has 0 saturated heterocycles. The van der Waals surface area contributed by atoms with E-state index in [2.05, 4.69) is 12.1 Å². The molecule has 1 aliphatic rings. The molecule has 16 heavy (non-hydrogen) atoms. The Morgan fingerprint density at radius 3 is 1.69 bits per heavy atom. The van der Waals surface area contributed by atoms with Crippen molar-refractivity contribution >= 4 is 11.0 Å². The highest BCUT2D eigenvalue weighted by atomic mass is 14.8. The molecule has 1 aromatic carbocycles. The molecule has 0 aliphatic heterocycles. The van der Waals surface area contributed by atoms with Crippen LogP contribution in [0.1, 0.15) is 37.1 Å². The maximum Gasteiger partial charge on any atom is 0.0890 e. The minimum absolute atomic E-state index is 1.04. The second kappa shape index (κ2) is 4.20. The summed E-state index contributed by atoms with van der Waals surface area (Å²) in [5, 5.41) is 0. The number of aryl methyl sites for hydroxylation is 2. The minimum Gasteiger partial charge on any atom is -0.249 e. The van der Waals surface area contributed by atoms with Gasteiger partial charge in [-0.25, -0.2) is 9.97 Å². The van der Waals surface area contributed by atoms with Gasteiger partial charge in [0, 0.05) is 0 Å². The van der Waals surface area contributed by atoms with Gasteiger partial charge >= 0.3 is 0 Å². The summed E-state index contributed by atoms with van der Waals surface area (Å²) in [6.07, 6.45) is 7.42. The minimum atomic E-state index is 1.04. The summed E-state index contributed by atoms with van der Waals surface area (Å²) in [5.74, 6) is 0. The zero-order valence-electron chi connectivity index (χ0n) is 9.45. The Labute approximate surface area is 95.7 Å². The van der Waals surface area contributed by atoms with E-state index < -0.39 is 0 Å². The number of hydrogen-bond donors (Lipinski definition) is 0. The Bertz CT molecular complexity index is 459. The van der Waals surface area contributed by atoms with Gasteiger partial charge < -0.3 is 0 Å². The predicted molar refractivity (Wildman–Crippen MR) is 65.4 cm³/mol. The lowest BCUT2D eigenvalue weighted by molar-refractivity contribution is 0.602. The third kappa shape index (κ3) is 1.80. The van der Waals surface area contributed by atoms with Gasteiger partial charge in [0.2, 0.25) is 0 Å². The van der Waals surface area contributed by atoms with Crippen molar-refractivity contribution in [3.63, 3.8) is 0 Å². The van der Waals surface area contributed by atoms with Crippen LogP contribution in [0.4, 0.5) is 0 Å². The van der Waals surface area contributed by atoms with Crippen LogP contribution in [0.15, 0.2) is 24.3 Å². The molecule has 0 fully saturated rings. The molecule has 0 spiro atoms. The highest BCUT2D eigenvalue weighted by Crippen LogP contribution is 2.19. The van der Waals surface area contributed by atoms with E-state index in [4.69, 9.17) is 9.97 Å². The van der Waals surface area contributed by atoms with Crippen LogP contribution in [-0.4, -0.2) is 9.97 Å². The van der Waals surface area contributed by atoms with Gasteiger partial charge in [-0.3, -0.25) is 0 Å². The highest BCUT2D eigenvalue weighted by Gasteiger charge is 2.10. The fraction of sp³-hybridized carbons (Fsp3) is 0.429. The molecule has 0 N–H and O–H groups in total. The average molecular weight is 212 g/mol. The van der Waals surface area contributed by atoms with Crippen molar-refractivity contribution in [1.82, 2.24) is 9.97 Å². The first kappa shape index (κ1) is 9.76. The summed E-state index contributed by atoms with van der Waals surface area (Å²) in [5.41, 5.74) is 4.56. The van der Waals surface area contributed by atoms with Gasteiger partial charge in [0.1, 0.15) is 0 Å². The van der Waals surface area contributed by atoms with E-state index >= 15 is 0 Å². The number of para-hydroxylation sites is 2. The summed E-state index contributed by atoms with van der Waals surface area (Å²) in [6, 6.07) is 8.18. The summed E-state index contributed by atoms with van der Waals surface area (Å²) in [6.45, 7) is 0. The topological polar surface area (TPSA) is 25.8 Å². The molecule has 0 atom stereocenters. The van der Waals surface area contributed by atoms with Gasteiger partial charge in [0.25, 0.3) is 0 Å². The largest absolute Gasteiger partial charge is 0.249 e. The van der Waals surface area contributed by atoms with Crippen molar-refractivity contribution in [3.05, 3.63) is 35.7 Å². The van der Waals surface area contributed by atoms with Crippen molar-refractivity contribution in [2.24, 2.45) is 0 Å². The molecule has 0 unspecified atom stereocenters. The maximum absolute atomic E-state index is 4.75. The Morgan fingerprint density at radius 2 is 1.19 bits per heavy atom. The smallest absolute Gasteiger partial charge is 0.0890 e.